The van der Waals surface area contributed by atoms with Gasteiger partial charge < -0.3 is 10.2 Å². The molecule has 3 nitrogen and oxygen atoms in total. The van der Waals surface area contributed by atoms with Crippen LogP contribution in [0.15, 0.2) is 18.2 Å². The average molecular weight is 301 g/mol. The molecule has 19 heavy (non-hydrogen) atoms. The molecule has 0 unspecified atom stereocenters. The van der Waals surface area contributed by atoms with Crippen LogP contribution in [0.4, 0.5) is 5.69 Å². The maximum Gasteiger partial charge on any atom is 0.223 e. The van der Waals surface area contributed by atoms with Crippen molar-refractivity contribution in [2.75, 3.05) is 24.5 Å². The molecule has 104 valence electrons. The number of nitrogens with one attached hydrogen (secondary N) is 1. The van der Waals surface area contributed by atoms with Crippen LogP contribution in [0.1, 0.15) is 25.3 Å². The molecule has 2 heterocycles. The highest BCUT2D eigenvalue weighted by Crippen LogP contribution is 2.46. The van der Waals surface area contributed by atoms with Crippen molar-refractivity contribution in [3.63, 3.8) is 0 Å². The second-order valence-corrected chi connectivity index (χ2v) is 5.73. The van der Waals surface area contributed by atoms with Crippen LogP contribution in [-0.2, 0) is 10.2 Å². The van der Waals surface area contributed by atoms with Gasteiger partial charge in [-0.1, -0.05) is 11.6 Å². The lowest BCUT2D eigenvalue weighted by atomic mass is 9.75. The van der Waals surface area contributed by atoms with Gasteiger partial charge in [0.05, 0.1) is 0 Å². The van der Waals surface area contributed by atoms with Gasteiger partial charge in [0.1, 0.15) is 0 Å². The molecule has 0 radical (unpaired) electrons. The zero-order chi connectivity index (χ0) is 12.8. The molecule has 2 aliphatic heterocycles. The van der Waals surface area contributed by atoms with E-state index in [1.807, 2.05) is 23.1 Å². The third-order valence-electron chi connectivity index (χ3n) is 4.22. The Kier molecular flexibility index (Phi) is 4.09. The Labute approximate surface area is 124 Å². The lowest BCUT2D eigenvalue weighted by molar-refractivity contribution is -0.116. The van der Waals surface area contributed by atoms with Crippen LogP contribution in [0.3, 0.4) is 0 Å². The van der Waals surface area contributed by atoms with Gasteiger partial charge in [0, 0.05) is 29.6 Å². The second-order valence-electron chi connectivity index (χ2n) is 5.30. The normalized spacial score (nSPS) is 20.0. The summed E-state index contributed by atoms with van der Waals surface area (Å²) in [6.07, 6.45) is 2.15. The van der Waals surface area contributed by atoms with Gasteiger partial charge in [-0.15, -0.1) is 12.4 Å². The molecule has 1 N–H and O–H groups in total. The highest BCUT2D eigenvalue weighted by Gasteiger charge is 2.44. The maximum atomic E-state index is 11.8. The molecule has 1 aromatic carbocycles. The van der Waals surface area contributed by atoms with Crippen molar-refractivity contribution < 1.29 is 4.79 Å². The fourth-order valence-corrected chi connectivity index (χ4v) is 3.43. The number of hydrogen-bond acceptors (Lipinski definition) is 2. The van der Waals surface area contributed by atoms with Crippen LogP contribution in [0, 0.1) is 0 Å². The molecule has 0 aliphatic carbocycles. The van der Waals surface area contributed by atoms with Crippen molar-refractivity contribution >= 4 is 35.6 Å². The lowest BCUT2D eigenvalue weighted by Gasteiger charge is -2.34. The molecule has 1 fully saturated rings. The number of rotatable bonds is 0. The van der Waals surface area contributed by atoms with Gasteiger partial charge in [0.2, 0.25) is 5.91 Å². The number of amides is 1. The summed E-state index contributed by atoms with van der Waals surface area (Å²) in [6, 6.07) is 5.90. The standard InChI is InChI=1S/C14H17ClN2O.ClH/c1-10(18)17-9-14(4-6-16-7-5-14)12-8-11(15)2-3-13(12)17;/h2-3,8,16H,4-7,9H2,1H3;1H. The predicted molar refractivity (Wildman–Crippen MR) is 80.5 cm³/mol. The number of carbonyl (C=O) groups is 1. The van der Waals surface area contributed by atoms with Crippen molar-refractivity contribution in [2.45, 2.75) is 25.2 Å². The van der Waals surface area contributed by atoms with E-state index in [0.717, 1.165) is 43.2 Å². The van der Waals surface area contributed by atoms with E-state index in [0.29, 0.717) is 0 Å². The van der Waals surface area contributed by atoms with Crippen molar-refractivity contribution in [1.82, 2.24) is 5.32 Å². The minimum atomic E-state index is 0. The van der Waals surface area contributed by atoms with Gasteiger partial charge in [-0.05, 0) is 49.7 Å². The van der Waals surface area contributed by atoms with E-state index in [9.17, 15) is 4.79 Å². The smallest absolute Gasteiger partial charge is 0.223 e. The molecule has 0 bridgehead atoms. The highest BCUT2D eigenvalue weighted by molar-refractivity contribution is 6.30. The Morgan fingerprint density at radius 3 is 2.68 bits per heavy atom. The van der Waals surface area contributed by atoms with Gasteiger partial charge in [-0.3, -0.25) is 4.79 Å². The van der Waals surface area contributed by atoms with Crippen molar-refractivity contribution in [3.8, 4) is 0 Å². The largest absolute Gasteiger partial charge is 0.317 e. The number of halogens is 2. The van der Waals surface area contributed by atoms with Crippen molar-refractivity contribution in [1.29, 1.82) is 0 Å². The Morgan fingerprint density at radius 1 is 1.37 bits per heavy atom. The fourth-order valence-electron chi connectivity index (χ4n) is 3.26. The van der Waals surface area contributed by atoms with Crippen molar-refractivity contribution in [3.05, 3.63) is 28.8 Å². The summed E-state index contributed by atoms with van der Waals surface area (Å²) >= 11 is 6.13. The molecule has 1 amide bonds. The zero-order valence-corrected chi connectivity index (χ0v) is 12.5. The quantitative estimate of drug-likeness (QED) is 0.799. The number of anilines is 1. The van der Waals surface area contributed by atoms with E-state index in [2.05, 4.69) is 5.32 Å². The molecule has 0 saturated carbocycles. The van der Waals surface area contributed by atoms with Crippen LogP contribution in [0.2, 0.25) is 5.02 Å². The molecule has 1 spiro atoms. The Morgan fingerprint density at radius 2 is 2.05 bits per heavy atom. The lowest BCUT2D eigenvalue weighted by Crippen LogP contribution is -2.43. The van der Waals surface area contributed by atoms with Crippen LogP contribution in [-0.4, -0.2) is 25.5 Å². The molecule has 0 aromatic heterocycles. The van der Waals surface area contributed by atoms with Gasteiger partial charge in [0.15, 0.2) is 0 Å². The van der Waals surface area contributed by atoms with E-state index in [4.69, 9.17) is 11.6 Å². The minimum Gasteiger partial charge on any atom is -0.317 e. The number of carbonyl (C=O) groups excluding carboxylic acids is 1. The van der Waals surface area contributed by atoms with E-state index in [1.54, 1.807) is 6.92 Å². The SMILES string of the molecule is CC(=O)N1CC2(CCNCC2)c2cc(Cl)ccc21.Cl. The number of piperidine rings is 1. The summed E-state index contributed by atoms with van der Waals surface area (Å²) in [5.41, 5.74) is 2.41. The summed E-state index contributed by atoms with van der Waals surface area (Å²) in [7, 11) is 0. The topological polar surface area (TPSA) is 32.3 Å². The number of fused-ring (bicyclic) bond motifs is 2. The van der Waals surface area contributed by atoms with Crippen LogP contribution >= 0.6 is 24.0 Å². The Bertz CT molecular complexity index is 498. The summed E-state index contributed by atoms with van der Waals surface area (Å²) in [5, 5.41) is 4.15. The summed E-state index contributed by atoms with van der Waals surface area (Å²) in [4.78, 5) is 13.7. The number of hydrogen-bond donors (Lipinski definition) is 1. The van der Waals surface area contributed by atoms with Gasteiger partial charge in [-0.2, -0.15) is 0 Å². The molecule has 0 atom stereocenters. The van der Waals surface area contributed by atoms with Crippen LogP contribution < -0.4 is 10.2 Å². The summed E-state index contributed by atoms with van der Waals surface area (Å²) in [5.74, 6) is 0.119. The van der Waals surface area contributed by atoms with Gasteiger partial charge in [-0.25, -0.2) is 0 Å². The first-order valence-electron chi connectivity index (χ1n) is 6.41. The Balaban J connectivity index is 0.00000133. The van der Waals surface area contributed by atoms with Gasteiger partial charge in [0.25, 0.3) is 0 Å². The first kappa shape index (κ1) is 14.6. The molecular formula is C14H18Cl2N2O. The third-order valence-corrected chi connectivity index (χ3v) is 4.46. The highest BCUT2D eigenvalue weighted by atomic mass is 35.5. The van der Waals surface area contributed by atoms with Crippen molar-refractivity contribution in [2.24, 2.45) is 0 Å². The molecule has 1 saturated heterocycles. The first-order valence-corrected chi connectivity index (χ1v) is 6.79. The van der Waals surface area contributed by atoms with E-state index < -0.39 is 0 Å². The fraction of sp³-hybridized carbons (Fsp3) is 0.500. The molecule has 3 rings (SSSR count). The van der Waals surface area contributed by atoms with E-state index >= 15 is 0 Å². The molecule has 5 heteroatoms. The maximum absolute atomic E-state index is 11.8. The summed E-state index contributed by atoms with van der Waals surface area (Å²) in [6.45, 7) is 4.47. The van der Waals surface area contributed by atoms with Gasteiger partial charge >= 0.3 is 0 Å². The molecule has 2 aliphatic rings. The first-order chi connectivity index (χ1) is 8.62. The van der Waals surface area contributed by atoms with E-state index in [-0.39, 0.29) is 23.7 Å². The van der Waals surface area contributed by atoms with Crippen LogP contribution in [0.5, 0.6) is 0 Å². The van der Waals surface area contributed by atoms with E-state index in [1.165, 1.54) is 5.56 Å². The Hall–Kier alpha value is -0.770. The third kappa shape index (κ3) is 2.35. The summed E-state index contributed by atoms with van der Waals surface area (Å²) < 4.78 is 0. The molecular weight excluding hydrogens is 283 g/mol. The predicted octanol–water partition coefficient (Wildman–Crippen LogP) is 2.75. The zero-order valence-electron chi connectivity index (χ0n) is 10.9. The monoisotopic (exact) mass is 300 g/mol. The van der Waals surface area contributed by atoms with Crippen LogP contribution in [0.25, 0.3) is 0 Å². The number of nitrogens with zero attached hydrogens (tertiary/aromatic N) is 1. The average Bonchev–Trinajstić information content (AvgIpc) is 2.65. The second kappa shape index (κ2) is 5.31. The molecule has 1 aromatic rings. The number of benzene rings is 1. The minimum absolute atomic E-state index is 0.